The Kier molecular flexibility index (Phi) is 6.29. The van der Waals surface area contributed by atoms with Crippen molar-refractivity contribution < 1.29 is 19.1 Å². The first-order valence-corrected chi connectivity index (χ1v) is 10.9. The molecule has 9 heteroatoms. The van der Waals surface area contributed by atoms with E-state index in [-0.39, 0.29) is 18.2 Å². The van der Waals surface area contributed by atoms with E-state index in [1.54, 1.807) is 37.1 Å². The molecule has 1 aliphatic rings. The van der Waals surface area contributed by atoms with Crippen LogP contribution in [0.3, 0.4) is 0 Å². The number of hydrogen-bond donors (Lipinski definition) is 2. The zero-order valence-corrected chi connectivity index (χ0v) is 19.6. The number of hydrogen-bond acceptors (Lipinski definition) is 5. The molecule has 3 aromatic rings. The molecule has 2 amide bonds. The van der Waals surface area contributed by atoms with E-state index in [2.05, 4.69) is 15.7 Å². The van der Waals surface area contributed by atoms with Crippen molar-refractivity contribution >= 4 is 34.9 Å². The number of anilines is 2. The Labute approximate surface area is 196 Å². The summed E-state index contributed by atoms with van der Waals surface area (Å²) >= 11 is 6.15. The lowest BCUT2D eigenvalue weighted by atomic mass is 10.0. The van der Waals surface area contributed by atoms with Crippen LogP contribution in [0.4, 0.5) is 11.5 Å². The molecule has 1 aromatic heterocycles. The normalized spacial score (nSPS) is 14.6. The van der Waals surface area contributed by atoms with Gasteiger partial charge in [-0.15, -0.1) is 0 Å². The van der Waals surface area contributed by atoms with E-state index >= 15 is 0 Å². The number of fused-ring (bicyclic) bond motifs is 1. The first-order chi connectivity index (χ1) is 15.9. The molecule has 2 N–H and O–H groups in total. The standard InChI is InChI=1S/C24H25ClN4O4/c1-5-16-22(14-9-10-19(32-3)20(11-14)33-4)23-27-24(31)18(29(23)28-16)12-21(30)26-17-8-6-7-15(25)13(17)2/h6-11,18H,5,12H2,1-4H3,(H,26,30)(H,27,31). The Morgan fingerprint density at radius 3 is 2.67 bits per heavy atom. The highest BCUT2D eigenvalue weighted by Gasteiger charge is 2.37. The smallest absolute Gasteiger partial charge is 0.251 e. The number of methoxy groups -OCH3 is 2. The number of halogens is 1. The summed E-state index contributed by atoms with van der Waals surface area (Å²) in [4.78, 5) is 25.6. The summed E-state index contributed by atoms with van der Waals surface area (Å²) in [5.41, 5.74) is 3.85. The van der Waals surface area contributed by atoms with Crippen LogP contribution in [0.2, 0.25) is 5.02 Å². The zero-order chi connectivity index (χ0) is 23.7. The quantitative estimate of drug-likeness (QED) is 0.528. The van der Waals surface area contributed by atoms with Gasteiger partial charge in [0.05, 0.1) is 26.3 Å². The third-order valence-electron chi connectivity index (χ3n) is 5.75. The van der Waals surface area contributed by atoms with Gasteiger partial charge in [0.1, 0.15) is 11.9 Å². The fraction of sp³-hybridized carbons (Fsp3) is 0.292. The highest BCUT2D eigenvalue weighted by molar-refractivity contribution is 6.31. The summed E-state index contributed by atoms with van der Waals surface area (Å²) in [6.07, 6.45) is 0.598. The van der Waals surface area contributed by atoms with Gasteiger partial charge in [0, 0.05) is 16.3 Å². The highest BCUT2D eigenvalue weighted by atomic mass is 35.5. The summed E-state index contributed by atoms with van der Waals surface area (Å²) in [5, 5.41) is 11.0. The number of aromatic nitrogens is 2. The molecule has 33 heavy (non-hydrogen) atoms. The average molecular weight is 469 g/mol. The van der Waals surface area contributed by atoms with Crippen molar-refractivity contribution in [2.24, 2.45) is 0 Å². The minimum atomic E-state index is -0.751. The zero-order valence-electron chi connectivity index (χ0n) is 18.9. The van der Waals surface area contributed by atoms with Gasteiger partial charge in [0.25, 0.3) is 5.91 Å². The van der Waals surface area contributed by atoms with E-state index in [9.17, 15) is 9.59 Å². The van der Waals surface area contributed by atoms with Crippen LogP contribution in [-0.4, -0.2) is 35.8 Å². The summed E-state index contributed by atoms with van der Waals surface area (Å²) in [6, 6.07) is 10.1. The van der Waals surface area contributed by atoms with Crippen LogP contribution in [0.15, 0.2) is 36.4 Å². The summed E-state index contributed by atoms with van der Waals surface area (Å²) in [5.74, 6) is 1.18. The molecule has 0 radical (unpaired) electrons. The molecular weight excluding hydrogens is 444 g/mol. The van der Waals surface area contributed by atoms with Crippen LogP contribution < -0.4 is 20.1 Å². The predicted molar refractivity (Wildman–Crippen MR) is 127 cm³/mol. The third-order valence-corrected chi connectivity index (χ3v) is 6.16. The van der Waals surface area contributed by atoms with Crippen LogP contribution in [0, 0.1) is 6.92 Å². The van der Waals surface area contributed by atoms with Crippen molar-refractivity contribution in [1.82, 2.24) is 9.78 Å². The Balaban J connectivity index is 1.65. The minimum absolute atomic E-state index is 0.0546. The second kappa shape index (κ2) is 9.15. The Morgan fingerprint density at radius 2 is 1.97 bits per heavy atom. The molecule has 1 unspecified atom stereocenters. The van der Waals surface area contributed by atoms with Crippen LogP contribution in [-0.2, 0) is 16.0 Å². The van der Waals surface area contributed by atoms with Gasteiger partial charge in [0.15, 0.2) is 11.5 Å². The van der Waals surface area contributed by atoms with Crippen molar-refractivity contribution in [1.29, 1.82) is 0 Å². The lowest BCUT2D eigenvalue weighted by Crippen LogP contribution is -2.24. The van der Waals surface area contributed by atoms with E-state index in [0.29, 0.717) is 34.4 Å². The molecule has 2 aromatic carbocycles. The molecule has 0 fully saturated rings. The van der Waals surface area contributed by atoms with Gasteiger partial charge in [-0.1, -0.05) is 30.7 Å². The predicted octanol–water partition coefficient (Wildman–Crippen LogP) is 4.61. The second-order valence-electron chi connectivity index (χ2n) is 7.71. The number of rotatable bonds is 7. The summed E-state index contributed by atoms with van der Waals surface area (Å²) < 4.78 is 12.4. The van der Waals surface area contributed by atoms with Gasteiger partial charge < -0.3 is 20.1 Å². The molecule has 4 rings (SSSR count). The maximum atomic E-state index is 12.8. The maximum absolute atomic E-state index is 12.8. The lowest BCUT2D eigenvalue weighted by molar-refractivity contribution is -0.123. The molecule has 172 valence electrons. The van der Waals surface area contributed by atoms with Gasteiger partial charge >= 0.3 is 0 Å². The number of amides is 2. The minimum Gasteiger partial charge on any atom is -0.493 e. The fourth-order valence-corrected chi connectivity index (χ4v) is 4.15. The molecule has 2 heterocycles. The maximum Gasteiger partial charge on any atom is 0.251 e. The molecule has 0 aliphatic carbocycles. The van der Waals surface area contributed by atoms with Gasteiger partial charge in [-0.3, -0.25) is 9.59 Å². The first-order valence-electron chi connectivity index (χ1n) is 10.6. The van der Waals surface area contributed by atoms with E-state index in [4.69, 9.17) is 21.1 Å². The lowest BCUT2D eigenvalue weighted by Gasteiger charge is -2.12. The van der Waals surface area contributed by atoms with Crippen LogP contribution in [0.1, 0.15) is 30.6 Å². The largest absolute Gasteiger partial charge is 0.493 e. The van der Waals surface area contributed by atoms with Crippen molar-refractivity contribution in [2.75, 3.05) is 24.9 Å². The SMILES string of the molecule is CCc1nn2c(c1-c1ccc(OC)c(OC)c1)NC(=O)C2CC(=O)Nc1cccc(Cl)c1C. The summed E-state index contributed by atoms with van der Waals surface area (Å²) in [6.45, 7) is 3.82. The van der Waals surface area contributed by atoms with E-state index in [1.165, 1.54) is 0 Å². The molecule has 0 saturated heterocycles. The van der Waals surface area contributed by atoms with Crippen LogP contribution >= 0.6 is 11.6 Å². The van der Waals surface area contributed by atoms with Gasteiger partial charge in [-0.2, -0.15) is 5.10 Å². The van der Waals surface area contributed by atoms with E-state index < -0.39 is 6.04 Å². The molecule has 1 aliphatic heterocycles. The topological polar surface area (TPSA) is 94.5 Å². The summed E-state index contributed by atoms with van der Waals surface area (Å²) in [7, 11) is 3.15. The molecule has 8 nitrogen and oxygen atoms in total. The number of benzene rings is 2. The Hall–Kier alpha value is -3.52. The fourth-order valence-electron chi connectivity index (χ4n) is 3.98. The van der Waals surface area contributed by atoms with Crippen molar-refractivity contribution in [3.05, 3.63) is 52.7 Å². The number of carbonyl (C=O) groups excluding carboxylic acids is 2. The van der Waals surface area contributed by atoms with E-state index in [0.717, 1.165) is 22.4 Å². The van der Waals surface area contributed by atoms with Crippen molar-refractivity contribution in [3.8, 4) is 22.6 Å². The number of aryl methyl sites for hydroxylation is 1. The Bertz CT molecular complexity index is 1240. The molecule has 0 saturated carbocycles. The van der Waals surface area contributed by atoms with Gasteiger partial charge in [0.2, 0.25) is 5.91 Å². The molecular formula is C24H25ClN4O4. The van der Waals surface area contributed by atoms with Crippen molar-refractivity contribution in [2.45, 2.75) is 32.7 Å². The first kappa shape index (κ1) is 22.7. The number of ether oxygens (including phenoxy) is 2. The number of carbonyl (C=O) groups is 2. The molecule has 0 bridgehead atoms. The van der Waals surface area contributed by atoms with Gasteiger partial charge in [-0.05, 0) is 48.7 Å². The van der Waals surface area contributed by atoms with Gasteiger partial charge in [-0.25, -0.2) is 4.68 Å². The monoisotopic (exact) mass is 468 g/mol. The van der Waals surface area contributed by atoms with Crippen molar-refractivity contribution in [3.63, 3.8) is 0 Å². The third kappa shape index (κ3) is 4.14. The number of nitrogens with one attached hydrogen (secondary N) is 2. The van der Waals surface area contributed by atoms with E-state index in [1.807, 2.05) is 32.0 Å². The highest BCUT2D eigenvalue weighted by Crippen LogP contribution is 2.41. The molecule has 1 atom stereocenters. The van der Waals surface area contributed by atoms with Crippen LogP contribution in [0.5, 0.6) is 11.5 Å². The number of nitrogens with zero attached hydrogens (tertiary/aromatic N) is 2. The molecule has 0 spiro atoms. The second-order valence-corrected chi connectivity index (χ2v) is 8.12. The van der Waals surface area contributed by atoms with Crippen LogP contribution in [0.25, 0.3) is 11.1 Å². The average Bonchev–Trinajstić information content (AvgIpc) is 3.31. The Morgan fingerprint density at radius 1 is 1.21 bits per heavy atom.